The molecule has 6 heteroatoms. The second kappa shape index (κ2) is 5.71. The Kier molecular flexibility index (Phi) is 3.58. The normalized spacial score (nSPS) is 32.0. The van der Waals surface area contributed by atoms with Gasteiger partial charge in [0.2, 0.25) is 0 Å². The quantitative estimate of drug-likeness (QED) is 0.617. The fourth-order valence-electron chi connectivity index (χ4n) is 2.74. The van der Waals surface area contributed by atoms with Gasteiger partial charge in [0.15, 0.2) is 0 Å². The molecule has 0 aromatic heterocycles. The minimum absolute atomic E-state index is 0.0104. The van der Waals surface area contributed by atoms with Gasteiger partial charge in [0.25, 0.3) is 5.69 Å². The molecule has 6 nitrogen and oxygen atoms in total. The van der Waals surface area contributed by atoms with E-state index in [1.807, 2.05) is 0 Å². The summed E-state index contributed by atoms with van der Waals surface area (Å²) < 4.78 is 25.5. The molecule has 1 unspecified atom stereocenters. The standard InChI is InChI=1S/C15H19NO5/c1-2-3-4-14-11-9-19-15(21-14,20-10-11)12-5-7-13(8-6-12)16(17)18/h5-8,11,14H,2-4,9-10H2,1H3/i5T. The molecule has 4 rings (SSSR count). The van der Waals surface area contributed by atoms with E-state index in [0.717, 1.165) is 19.3 Å². The first kappa shape index (κ1) is 13.2. The molecule has 1 aromatic rings. The number of ether oxygens (including phenoxy) is 3. The molecule has 0 saturated carbocycles. The van der Waals surface area contributed by atoms with Crippen LogP contribution in [-0.4, -0.2) is 24.2 Å². The monoisotopic (exact) mass is 295 g/mol. The van der Waals surface area contributed by atoms with Crippen LogP contribution in [0.2, 0.25) is 0 Å². The van der Waals surface area contributed by atoms with Gasteiger partial charge in [-0.25, -0.2) is 0 Å². The number of nitro benzene ring substituents is 1. The van der Waals surface area contributed by atoms with E-state index in [-0.39, 0.29) is 23.8 Å². The van der Waals surface area contributed by atoms with Crippen LogP contribution in [0.4, 0.5) is 5.69 Å². The molecule has 0 amide bonds. The van der Waals surface area contributed by atoms with Crippen LogP contribution in [0, 0.1) is 16.0 Å². The van der Waals surface area contributed by atoms with Crippen LogP contribution in [0.25, 0.3) is 0 Å². The summed E-state index contributed by atoms with van der Waals surface area (Å²) in [7, 11) is 0. The summed E-state index contributed by atoms with van der Waals surface area (Å²) in [6, 6.07) is 4.02. The molecule has 3 aliphatic rings. The molecular weight excluding hydrogens is 274 g/mol. The van der Waals surface area contributed by atoms with E-state index in [1.165, 1.54) is 18.2 Å². The second-order valence-electron chi connectivity index (χ2n) is 5.45. The Morgan fingerprint density at radius 2 is 2.19 bits per heavy atom. The first-order valence-corrected chi connectivity index (χ1v) is 7.27. The Bertz CT molecular complexity index is 571. The van der Waals surface area contributed by atoms with Crippen molar-refractivity contribution in [1.29, 1.82) is 0 Å². The number of non-ortho nitro benzene ring substituents is 1. The van der Waals surface area contributed by atoms with Gasteiger partial charge < -0.3 is 14.2 Å². The van der Waals surface area contributed by atoms with Gasteiger partial charge in [0.1, 0.15) is 0 Å². The number of unbranched alkanes of at least 4 members (excludes halogenated alkanes) is 1. The lowest BCUT2D eigenvalue weighted by Crippen LogP contribution is -2.56. The molecule has 3 aliphatic heterocycles. The predicted octanol–water partition coefficient (Wildman–Crippen LogP) is 2.96. The van der Waals surface area contributed by atoms with Crippen LogP contribution in [0.5, 0.6) is 0 Å². The highest BCUT2D eigenvalue weighted by Gasteiger charge is 2.50. The van der Waals surface area contributed by atoms with Crippen LogP contribution < -0.4 is 0 Å². The van der Waals surface area contributed by atoms with Gasteiger partial charge in [0.05, 0.1) is 25.6 Å². The maximum Gasteiger partial charge on any atom is 0.312 e. The van der Waals surface area contributed by atoms with Crippen molar-refractivity contribution >= 4 is 5.69 Å². The van der Waals surface area contributed by atoms with E-state index in [2.05, 4.69) is 6.92 Å². The molecule has 0 N–H and O–H groups in total. The summed E-state index contributed by atoms with van der Waals surface area (Å²) >= 11 is 0. The third-order valence-electron chi connectivity index (χ3n) is 3.99. The summed E-state index contributed by atoms with van der Waals surface area (Å²) in [6.07, 6.45) is 3.11. The fourth-order valence-corrected chi connectivity index (χ4v) is 2.74. The van der Waals surface area contributed by atoms with E-state index < -0.39 is 10.9 Å². The minimum Gasteiger partial charge on any atom is -0.323 e. The molecule has 1 aromatic carbocycles. The first-order valence-electron chi connectivity index (χ1n) is 7.77. The number of benzene rings is 1. The summed E-state index contributed by atoms with van der Waals surface area (Å²) in [6.45, 7) is 3.16. The maximum absolute atomic E-state index is 10.8. The molecule has 0 radical (unpaired) electrons. The van der Waals surface area contributed by atoms with Crippen molar-refractivity contribution in [1.82, 2.24) is 0 Å². The molecule has 2 bridgehead atoms. The Balaban J connectivity index is 1.88. The zero-order valence-corrected chi connectivity index (χ0v) is 11.9. The van der Waals surface area contributed by atoms with E-state index >= 15 is 0 Å². The SMILES string of the molecule is [3H]c1cc([N+](=O)[O-])ccc1C12OCC(CO1)C(CCCC)O2. The van der Waals surface area contributed by atoms with Gasteiger partial charge in [-0.15, -0.1) is 0 Å². The van der Waals surface area contributed by atoms with Crippen LogP contribution >= 0.6 is 0 Å². The second-order valence-corrected chi connectivity index (χ2v) is 5.45. The Morgan fingerprint density at radius 3 is 2.81 bits per heavy atom. The van der Waals surface area contributed by atoms with Crippen LogP contribution in [0.15, 0.2) is 24.2 Å². The van der Waals surface area contributed by atoms with Crippen LogP contribution in [0.3, 0.4) is 0 Å². The zero-order chi connectivity index (χ0) is 15.7. The topological polar surface area (TPSA) is 70.8 Å². The van der Waals surface area contributed by atoms with E-state index in [1.54, 1.807) is 0 Å². The van der Waals surface area contributed by atoms with Crippen molar-refractivity contribution in [3.63, 3.8) is 0 Å². The molecule has 3 fully saturated rings. The van der Waals surface area contributed by atoms with Crippen molar-refractivity contribution in [2.75, 3.05) is 13.2 Å². The molecular formula is C15H19NO5. The Morgan fingerprint density at radius 1 is 1.43 bits per heavy atom. The average Bonchev–Trinajstić information content (AvgIpc) is 2.53. The van der Waals surface area contributed by atoms with E-state index in [0.29, 0.717) is 18.8 Å². The van der Waals surface area contributed by atoms with Gasteiger partial charge in [-0.2, -0.15) is 0 Å². The van der Waals surface area contributed by atoms with E-state index in [4.69, 9.17) is 15.6 Å². The van der Waals surface area contributed by atoms with Crippen molar-refractivity contribution in [3.05, 3.63) is 39.9 Å². The van der Waals surface area contributed by atoms with Crippen LogP contribution in [0.1, 0.15) is 33.1 Å². The zero-order valence-electron chi connectivity index (χ0n) is 12.9. The lowest BCUT2D eigenvalue weighted by Gasteiger charge is -2.49. The minimum atomic E-state index is -1.39. The lowest BCUT2D eigenvalue weighted by atomic mass is 9.95. The predicted molar refractivity (Wildman–Crippen MR) is 74.6 cm³/mol. The number of nitrogens with zero attached hydrogens (tertiary/aromatic N) is 1. The molecule has 114 valence electrons. The van der Waals surface area contributed by atoms with Gasteiger partial charge in [-0.05, 0) is 18.5 Å². The lowest BCUT2D eigenvalue weighted by molar-refractivity contribution is -0.479. The number of rotatable bonds is 5. The number of hydrogen-bond donors (Lipinski definition) is 0. The van der Waals surface area contributed by atoms with Crippen molar-refractivity contribution in [3.8, 4) is 0 Å². The molecule has 3 saturated heterocycles. The highest BCUT2D eigenvalue weighted by molar-refractivity contribution is 5.34. The van der Waals surface area contributed by atoms with E-state index in [9.17, 15) is 10.1 Å². The summed E-state index contributed by atoms with van der Waals surface area (Å²) in [5.74, 6) is -1.18. The third-order valence-corrected chi connectivity index (χ3v) is 3.99. The average molecular weight is 295 g/mol. The smallest absolute Gasteiger partial charge is 0.312 e. The van der Waals surface area contributed by atoms with Crippen molar-refractivity contribution in [2.24, 2.45) is 5.92 Å². The molecule has 3 heterocycles. The van der Waals surface area contributed by atoms with Crippen LogP contribution in [-0.2, 0) is 20.2 Å². The number of nitro groups is 1. The molecule has 0 aliphatic carbocycles. The number of fused-ring (bicyclic) bond motifs is 3. The number of hydrogen-bond acceptors (Lipinski definition) is 5. The largest absolute Gasteiger partial charge is 0.323 e. The first-order chi connectivity index (χ1) is 10.6. The molecule has 0 spiro atoms. The highest BCUT2D eigenvalue weighted by atomic mass is 16.9. The highest BCUT2D eigenvalue weighted by Crippen LogP contribution is 2.43. The third kappa shape index (κ3) is 2.66. The molecule has 1 atom stereocenters. The Hall–Kier alpha value is -1.50. The molecule has 21 heavy (non-hydrogen) atoms. The van der Waals surface area contributed by atoms with Gasteiger partial charge in [0, 0.05) is 23.6 Å². The van der Waals surface area contributed by atoms with Crippen molar-refractivity contribution < 1.29 is 20.5 Å². The van der Waals surface area contributed by atoms with Gasteiger partial charge in [-0.3, -0.25) is 10.1 Å². The Labute approximate surface area is 124 Å². The van der Waals surface area contributed by atoms with Gasteiger partial charge >= 0.3 is 5.97 Å². The summed E-state index contributed by atoms with van der Waals surface area (Å²) in [5, 5.41) is 10.8. The van der Waals surface area contributed by atoms with Crippen molar-refractivity contribution in [2.45, 2.75) is 38.3 Å². The maximum atomic E-state index is 10.8. The summed E-state index contributed by atoms with van der Waals surface area (Å²) in [5.41, 5.74) is 0.259. The fraction of sp³-hybridized carbons (Fsp3) is 0.600. The van der Waals surface area contributed by atoms with Gasteiger partial charge in [-0.1, -0.05) is 19.8 Å². The summed E-state index contributed by atoms with van der Waals surface area (Å²) in [4.78, 5) is 10.3.